The molecule has 1 aromatic heterocycles. The van der Waals surface area contributed by atoms with Gasteiger partial charge in [-0.1, -0.05) is 0 Å². The van der Waals surface area contributed by atoms with E-state index >= 15 is 0 Å². The van der Waals surface area contributed by atoms with Gasteiger partial charge in [0.05, 0.1) is 7.11 Å². The maximum absolute atomic E-state index is 5.00. The van der Waals surface area contributed by atoms with Crippen molar-refractivity contribution >= 4 is 13.3 Å². The lowest BCUT2D eigenvalue weighted by molar-refractivity contribution is 0.418. The smallest absolute Gasteiger partial charge is 0.146 e. The van der Waals surface area contributed by atoms with Crippen LogP contribution in [0.2, 0.25) is 0 Å². The van der Waals surface area contributed by atoms with Crippen LogP contribution in [-0.2, 0) is 0 Å². The third-order valence-electron chi connectivity index (χ3n) is 1.19. The van der Waals surface area contributed by atoms with Crippen molar-refractivity contribution in [2.75, 3.05) is 7.11 Å². The first-order valence-electron chi connectivity index (χ1n) is 2.79. The van der Waals surface area contributed by atoms with Crippen molar-refractivity contribution in [1.29, 1.82) is 0 Å². The van der Waals surface area contributed by atoms with Gasteiger partial charge in [0, 0.05) is 12.4 Å². The van der Waals surface area contributed by atoms with Gasteiger partial charge in [-0.15, -0.1) is 0 Å². The summed E-state index contributed by atoms with van der Waals surface area (Å²) < 4.78 is 5.00. The van der Waals surface area contributed by atoms with Crippen LogP contribution in [0.3, 0.4) is 0 Å². The van der Waals surface area contributed by atoms with E-state index in [4.69, 9.17) is 4.74 Å². The number of rotatable bonds is 1. The second-order valence-electron chi connectivity index (χ2n) is 1.85. The lowest BCUT2D eigenvalue weighted by atomic mass is 9.98. The molecule has 1 heterocycles. The Hall–Kier alpha value is -0.985. The van der Waals surface area contributed by atoms with Crippen LogP contribution >= 0.6 is 0 Å². The third-order valence-corrected chi connectivity index (χ3v) is 1.19. The predicted molar refractivity (Wildman–Crippen MR) is 39.0 cm³/mol. The van der Waals surface area contributed by atoms with E-state index in [2.05, 4.69) is 4.98 Å². The van der Waals surface area contributed by atoms with Crippen molar-refractivity contribution in [2.45, 2.75) is 0 Å². The quantitative estimate of drug-likeness (QED) is 0.460. The largest absolute Gasteiger partial charge is 0.497 e. The summed E-state index contributed by atoms with van der Waals surface area (Å²) in [7, 11) is 3.62. The van der Waals surface area contributed by atoms with Crippen molar-refractivity contribution in [3.63, 3.8) is 0 Å². The van der Waals surface area contributed by atoms with Crippen molar-refractivity contribution in [1.82, 2.24) is 4.98 Å². The Balaban J connectivity index is 3.01. The standard InChI is InChI=1S/C6H8BNO/c1-9-6-2-3-8-4-5(6)7/h2-4H,7H2,1H3. The Morgan fingerprint density at radius 2 is 2.44 bits per heavy atom. The zero-order valence-corrected chi connectivity index (χ0v) is 5.59. The zero-order valence-electron chi connectivity index (χ0n) is 5.59. The Kier molecular flexibility index (Phi) is 1.73. The van der Waals surface area contributed by atoms with Gasteiger partial charge in [-0.3, -0.25) is 4.98 Å². The minimum absolute atomic E-state index is 0.894. The van der Waals surface area contributed by atoms with E-state index in [1.54, 1.807) is 19.5 Å². The summed E-state index contributed by atoms with van der Waals surface area (Å²) in [5.74, 6) is 0.894. The summed E-state index contributed by atoms with van der Waals surface area (Å²) in [6.07, 6.45) is 3.49. The topological polar surface area (TPSA) is 22.1 Å². The van der Waals surface area contributed by atoms with Crippen molar-refractivity contribution < 1.29 is 4.74 Å². The van der Waals surface area contributed by atoms with Gasteiger partial charge in [-0.25, -0.2) is 0 Å². The molecule has 0 unspecified atom stereocenters. The summed E-state index contributed by atoms with van der Waals surface area (Å²) in [5.41, 5.74) is 1.07. The Morgan fingerprint density at radius 3 is 2.89 bits per heavy atom. The fraction of sp³-hybridized carbons (Fsp3) is 0.167. The van der Waals surface area contributed by atoms with E-state index in [1.165, 1.54) is 0 Å². The number of nitrogens with zero attached hydrogens (tertiary/aromatic N) is 1. The molecule has 0 radical (unpaired) electrons. The molecule has 0 fully saturated rings. The molecule has 0 aliphatic carbocycles. The molecule has 0 atom stereocenters. The van der Waals surface area contributed by atoms with Crippen molar-refractivity contribution in [3.05, 3.63) is 18.5 Å². The number of hydrogen-bond acceptors (Lipinski definition) is 2. The number of aromatic nitrogens is 1. The Labute approximate surface area is 55.3 Å². The van der Waals surface area contributed by atoms with Gasteiger partial charge >= 0.3 is 0 Å². The van der Waals surface area contributed by atoms with Gasteiger partial charge in [0.2, 0.25) is 0 Å². The van der Waals surface area contributed by atoms with Gasteiger partial charge < -0.3 is 4.74 Å². The minimum atomic E-state index is 0.894. The van der Waals surface area contributed by atoms with Gasteiger partial charge in [-0.2, -0.15) is 0 Å². The first-order chi connectivity index (χ1) is 4.34. The van der Waals surface area contributed by atoms with Crippen LogP contribution in [0.5, 0.6) is 5.75 Å². The molecule has 0 N–H and O–H groups in total. The Bertz CT molecular complexity index is 202. The first-order valence-corrected chi connectivity index (χ1v) is 2.79. The lowest BCUT2D eigenvalue weighted by Gasteiger charge is -2.00. The zero-order chi connectivity index (χ0) is 6.69. The Morgan fingerprint density at radius 1 is 1.67 bits per heavy atom. The summed E-state index contributed by atoms with van der Waals surface area (Å²) in [5, 5.41) is 0. The van der Waals surface area contributed by atoms with Gasteiger partial charge in [0.1, 0.15) is 13.6 Å². The van der Waals surface area contributed by atoms with E-state index in [-0.39, 0.29) is 0 Å². The molecule has 0 aliphatic heterocycles. The van der Waals surface area contributed by atoms with Crippen molar-refractivity contribution in [2.24, 2.45) is 0 Å². The highest BCUT2D eigenvalue weighted by Gasteiger charge is 1.91. The molecule has 0 aliphatic rings. The van der Waals surface area contributed by atoms with Crippen LogP contribution in [-0.4, -0.2) is 19.9 Å². The molecule has 0 saturated heterocycles. The van der Waals surface area contributed by atoms with E-state index in [0.717, 1.165) is 11.2 Å². The summed E-state index contributed by atoms with van der Waals surface area (Å²) in [6.45, 7) is 0. The predicted octanol–water partition coefficient (Wildman–Crippen LogP) is -0.651. The first kappa shape index (κ1) is 6.14. The molecule has 0 bridgehead atoms. The van der Waals surface area contributed by atoms with E-state index < -0.39 is 0 Å². The molecule has 0 amide bonds. The average molecular weight is 121 g/mol. The maximum Gasteiger partial charge on any atom is 0.146 e. The number of pyridine rings is 1. The normalized spacial score (nSPS) is 9.00. The molecule has 1 rings (SSSR count). The average Bonchev–Trinajstić information content (AvgIpc) is 1.89. The lowest BCUT2D eigenvalue weighted by Crippen LogP contribution is -2.06. The van der Waals surface area contributed by atoms with Crippen molar-refractivity contribution in [3.8, 4) is 5.75 Å². The summed E-state index contributed by atoms with van der Waals surface area (Å²) in [6, 6.07) is 1.84. The minimum Gasteiger partial charge on any atom is -0.497 e. The number of ether oxygens (including phenoxy) is 1. The highest BCUT2D eigenvalue weighted by Crippen LogP contribution is 1.99. The van der Waals surface area contributed by atoms with Gasteiger partial charge in [-0.05, 0) is 11.5 Å². The van der Waals surface area contributed by atoms with E-state index in [1.807, 2.05) is 13.9 Å². The third kappa shape index (κ3) is 1.22. The summed E-state index contributed by atoms with van der Waals surface area (Å²) >= 11 is 0. The van der Waals surface area contributed by atoms with E-state index in [9.17, 15) is 0 Å². The van der Waals surface area contributed by atoms with Crippen LogP contribution in [0.1, 0.15) is 0 Å². The van der Waals surface area contributed by atoms with E-state index in [0.29, 0.717) is 0 Å². The molecule has 9 heavy (non-hydrogen) atoms. The molecule has 3 heteroatoms. The molecule has 0 aromatic carbocycles. The fourth-order valence-electron chi connectivity index (χ4n) is 0.690. The molecule has 1 aromatic rings. The second-order valence-corrected chi connectivity index (χ2v) is 1.85. The number of hydrogen-bond donors (Lipinski definition) is 0. The van der Waals surface area contributed by atoms with Crippen LogP contribution in [0.15, 0.2) is 18.5 Å². The van der Waals surface area contributed by atoms with Crippen LogP contribution < -0.4 is 10.2 Å². The monoisotopic (exact) mass is 121 g/mol. The number of methoxy groups -OCH3 is 1. The highest BCUT2D eigenvalue weighted by atomic mass is 16.5. The molecule has 0 saturated carbocycles. The fourth-order valence-corrected chi connectivity index (χ4v) is 0.690. The molecule has 2 nitrogen and oxygen atoms in total. The molecular weight excluding hydrogens is 113 g/mol. The maximum atomic E-state index is 5.00. The SMILES string of the molecule is Bc1cnccc1OC. The summed E-state index contributed by atoms with van der Waals surface area (Å²) in [4.78, 5) is 3.91. The molecular formula is C6H8BNO. The highest BCUT2D eigenvalue weighted by molar-refractivity contribution is 6.33. The van der Waals surface area contributed by atoms with Gasteiger partial charge in [0.25, 0.3) is 0 Å². The van der Waals surface area contributed by atoms with Crippen LogP contribution in [0.25, 0.3) is 0 Å². The second kappa shape index (κ2) is 2.53. The molecule has 46 valence electrons. The van der Waals surface area contributed by atoms with Crippen LogP contribution in [0.4, 0.5) is 0 Å². The van der Waals surface area contributed by atoms with Gasteiger partial charge in [0.15, 0.2) is 0 Å². The molecule has 0 spiro atoms. The van der Waals surface area contributed by atoms with Crippen LogP contribution in [0, 0.1) is 0 Å².